The molecule has 142 valence electrons. The topological polar surface area (TPSA) is 100 Å². The average molecular weight is 363 g/mol. The van der Waals surface area contributed by atoms with Crippen molar-refractivity contribution in [3.8, 4) is 0 Å². The third-order valence-electron chi connectivity index (χ3n) is 3.75. The minimum absolute atomic E-state index is 0.164. The molecule has 2 rings (SSSR count). The molecule has 1 aliphatic rings. The summed E-state index contributed by atoms with van der Waals surface area (Å²) in [5.74, 6) is -0.295. The highest BCUT2D eigenvalue weighted by atomic mass is 16.6. The van der Waals surface area contributed by atoms with Crippen LogP contribution in [0.3, 0.4) is 0 Å². The van der Waals surface area contributed by atoms with Gasteiger partial charge in [-0.3, -0.25) is 0 Å². The summed E-state index contributed by atoms with van der Waals surface area (Å²) in [7, 11) is 0. The Hall–Kier alpha value is -2.77. The third-order valence-corrected chi connectivity index (χ3v) is 3.75. The molecule has 0 radical (unpaired) electrons. The molecule has 1 heterocycles. The first-order valence-corrected chi connectivity index (χ1v) is 8.42. The Morgan fingerprint density at radius 3 is 2.62 bits per heavy atom. The first-order chi connectivity index (χ1) is 12.3. The molecule has 1 fully saturated rings. The number of hydrogen-bond acceptors (Lipinski definition) is 6. The van der Waals surface area contributed by atoms with Crippen molar-refractivity contribution in [3.05, 3.63) is 35.9 Å². The molecule has 1 aromatic rings. The first kappa shape index (κ1) is 19.6. The predicted octanol–water partition coefficient (Wildman–Crippen LogP) is 2.61. The van der Waals surface area contributed by atoms with Gasteiger partial charge in [-0.05, 0) is 26.3 Å². The summed E-state index contributed by atoms with van der Waals surface area (Å²) in [5, 5.41) is 15.0. The summed E-state index contributed by atoms with van der Waals surface area (Å²) in [6.45, 7) is 6.18. The van der Waals surface area contributed by atoms with Crippen LogP contribution in [0.4, 0.5) is 9.59 Å². The number of nitrogens with one attached hydrogen (secondary N) is 1. The monoisotopic (exact) mass is 363 g/mol. The third kappa shape index (κ3) is 5.94. The zero-order valence-electron chi connectivity index (χ0n) is 15.3. The molecule has 1 atom stereocenters. The highest BCUT2D eigenvalue weighted by molar-refractivity contribution is 5.94. The standard InChI is InChI=1S/C18H25N3O5/c1-18(2,3)26-17(23)21-10-14(15(11-21)20-24)9-19-16(22)25-12-13-7-5-4-6-8-13/h4-8,14,24H,9-12H2,1-3H3,(H,19,22)/t14-/m0/s1. The zero-order chi connectivity index (χ0) is 19.2. The molecule has 2 N–H and O–H groups in total. The van der Waals surface area contributed by atoms with Crippen molar-refractivity contribution in [1.29, 1.82) is 0 Å². The lowest BCUT2D eigenvalue weighted by Crippen LogP contribution is -2.36. The molecular weight excluding hydrogens is 338 g/mol. The number of alkyl carbamates (subject to hydrolysis) is 1. The molecule has 26 heavy (non-hydrogen) atoms. The lowest BCUT2D eigenvalue weighted by atomic mass is 10.1. The van der Waals surface area contributed by atoms with Gasteiger partial charge in [0.1, 0.15) is 12.2 Å². The SMILES string of the molecule is CC(C)(C)OC(=O)N1CC(=NO)[C@@H](CNC(=O)OCc2ccccc2)C1. The Bertz CT molecular complexity index is 655. The Morgan fingerprint density at radius 1 is 1.31 bits per heavy atom. The maximum Gasteiger partial charge on any atom is 0.410 e. The number of amides is 2. The summed E-state index contributed by atoms with van der Waals surface area (Å²) >= 11 is 0. The van der Waals surface area contributed by atoms with Gasteiger partial charge in [-0.25, -0.2) is 9.59 Å². The van der Waals surface area contributed by atoms with Gasteiger partial charge in [0.25, 0.3) is 0 Å². The van der Waals surface area contributed by atoms with Crippen molar-refractivity contribution in [2.24, 2.45) is 11.1 Å². The Labute approximate surface area is 152 Å². The predicted molar refractivity (Wildman–Crippen MR) is 95.1 cm³/mol. The molecule has 0 bridgehead atoms. The van der Waals surface area contributed by atoms with Gasteiger partial charge in [0.15, 0.2) is 0 Å². The number of oxime groups is 1. The fourth-order valence-corrected chi connectivity index (χ4v) is 2.50. The molecule has 0 saturated carbocycles. The second-order valence-electron chi connectivity index (χ2n) is 7.09. The van der Waals surface area contributed by atoms with E-state index >= 15 is 0 Å². The Morgan fingerprint density at radius 2 is 2.00 bits per heavy atom. The van der Waals surface area contributed by atoms with Crippen LogP contribution in [0.2, 0.25) is 0 Å². The van der Waals surface area contributed by atoms with Crippen molar-refractivity contribution in [3.63, 3.8) is 0 Å². The number of carbonyl (C=O) groups is 2. The van der Waals surface area contributed by atoms with Gasteiger partial charge in [-0.15, -0.1) is 0 Å². The number of carbonyl (C=O) groups excluding carboxylic acids is 2. The van der Waals surface area contributed by atoms with Gasteiger partial charge in [-0.2, -0.15) is 0 Å². The number of benzene rings is 1. The van der Waals surface area contributed by atoms with Crippen LogP contribution in [0.5, 0.6) is 0 Å². The van der Waals surface area contributed by atoms with Crippen LogP contribution in [0, 0.1) is 5.92 Å². The largest absolute Gasteiger partial charge is 0.445 e. The fourth-order valence-electron chi connectivity index (χ4n) is 2.50. The molecule has 1 aliphatic heterocycles. The minimum atomic E-state index is -0.606. The van der Waals surface area contributed by atoms with E-state index in [0.717, 1.165) is 5.56 Å². The van der Waals surface area contributed by atoms with Gasteiger partial charge in [0, 0.05) is 19.0 Å². The van der Waals surface area contributed by atoms with E-state index in [-0.39, 0.29) is 25.6 Å². The molecule has 8 heteroatoms. The summed E-state index contributed by atoms with van der Waals surface area (Å²) in [5.41, 5.74) is 0.696. The highest BCUT2D eigenvalue weighted by Gasteiger charge is 2.35. The van der Waals surface area contributed by atoms with Crippen LogP contribution in [0.25, 0.3) is 0 Å². The molecule has 0 spiro atoms. The molecule has 0 unspecified atom stereocenters. The molecule has 1 saturated heterocycles. The number of ether oxygens (including phenoxy) is 2. The van der Waals surface area contributed by atoms with E-state index in [1.54, 1.807) is 20.8 Å². The molecule has 1 aromatic carbocycles. The maximum absolute atomic E-state index is 12.1. The van der Waals surface area contributed by atoms with E-state index in [2.05, 4.69) is 10.5 Å². The van der Waals surface area contributed by atoms with E-state index in [4.69, 9.17) is 14.7 Å². The van der Waals surface area contributed by atoms with Crippen LogP contribution in [-0.4, -0.2) is 53.2 Å². The Balaban J connectivity index is 1.80. The minimum Gasteiger partial charge on any atom is -0.445 e. The van der Waals surface area contributed by atoms with Gasteiger partial charge < -0.3 is 24.9 Å². The van der Waals surface area contributed by atoms with Crippen LogP contribution in [0.15, 0.2) is 35.5 Å². The van der Waals surface area contributed by atoms with Gasteiger partial charge in [-0.1, -0.05) is 35.5 Å². The van der Waals surface area contributed by atoms with Crippen molar-refractivity contribution < 1.29 is 24.3 Å². The summed E-state index contributed by atoms with van der Waals surface area (Å²) in [6.07, 6.45) is -1.05. The molecule has 2 amide bonds. The molecular formula is C18H25N3O5. The highest BCUT2D eigenvalue weighted by Crippen LogP contribution is 2.17. The normalized spacial score (nSPS) is 18.7. The molecule has 0 aromatic heterocycles. The van der Waals surface area contributed by atoms with Crippen molar-refractivity contribution in [2.75, 3.05) is 19.6 Å². The first-order valence-electron chi connectivity index (χ1n) is 8.42. The lowest BCUT2D eigenvalue weighted by molar-refractivity contribution is 0.0292. The van der Waals surface area contributed by atoms with E-state index in [0.29, 0.717) is 12.3 Å². The van der Waals surface area contributed by atoms with E-state index < -0.39 is 17.8 Å². The average Bonchev–Trinajstić information content (AvgIpc) is 3.01. The fraction of sp³-hybridized carbons (Fsp3) is 0.500. The van der Waals surface area contributed by atoms with Crippen molar-refractivity contribution >= 4 is 17.9 Å². The summed E-state index contributed by atoms with van der Waals surface area (Å²) < 4.78 is 10.5. The summed E-state index contributed by atoms with van der Waals surface area (Å²) in [4.78, 5) is 25.4. The second-order valence-corrected chi connectivity index (χ2v) is 7.09. The van der Waals surface area contributed by atoms with E-state index in [9.17, 15) is 9.59 Å². The number of nitrogens with zero attached hydrogens (tertiary/aromatic N) is 2. The quantitative estimate of drug-likeness (QED) is 0.633. The van der Waals surface area contributed by atoms with E-state index in [1.807, 2.05) is 30.3 Å². The van der Waals surface area contributed by atoms with E-state index in [1.165, 1.54) is 4.90 Å². The van der Waals surface area contributed by atoms with Crippen molar-refractivity contribution in [2.45, 2.75) is 33.0 Å². The van der Waals surface area contributed by atoms with Crippen LogP contribution in [-0.2, 0) is 16.1 Å². The zero-order valence-corrected chi connectivity index (χ0v) is 15.3. The maximum atomic E-state index is 12.1. The Kier molecular flexibility index (Phi) is 6.43. The smallest absolute Gasteiger partial charge is 0.410 e. The lowest BCUT2D eigenvalue weighted by Gasteiger charge is -2.24. The number of likely N-dealkylation sites (tertiary alicyclic amines) is 1. The van der Waals surface area contributed by atoms with Crippen molar-refractivity contribution in [1.82, 2.24) is 10.2 Å². The second kappa shape index (κ2) is 8.55. The number of rotatable bonds is 4. The van der Waals surface area contributed by atoms with Crippen LogP contribution < -0.4 is 5.32 Å². The van der Waals surface area contributed by atoms with Gasteiger partial charge >= 0.3 is 12.2 Å². The van der Waals surface area contributed by atoms with Crippen LogP contribution >= 0.6 is 0 Å². The summed E-state index contributed by atoms with van der Waals surface area (Å²) in [6, 6.07) is 9.34. The molecule has 8 nitrogen and oxygen atoms in total. The van der Waals surface area contributed by atoms with Gasteiger partial charge in [0.2, 0.25) is 0 Å². The van der Waals surface area contributed by atoms with Crippen LogP contribution in [0.1, 0.15) is 26.3 Å². The number of hydrogen-bond donors (Lipinski definition) is 2. The molecule has 0 aliphatic carbocycles. The van der Waals surface area contributed by atoms with Gasteiger partial charge in [0.05, 0.1) is 12.3 Å².